The number of hydrogen-bond acceptors (Lipinski definition) is 2. The number of anilines is 1. The number of aryl methyl sites for hydroxylation is 2. The molecule has 0 heterocycles. The van der Waals surface area contributed by atoms with Gasteiger partial charge in [0.25, 0.3) is 0 Å². The number of rotatable bonds is 3. The lowest BCUT2D eigenvalue weighted by Crippen LogP contribution is -2.42. The van der Waals surface area contributed by atoms with E-state index in [0.717, 1.165) is 36.9 Å². The summed E-state index contributed by atoms with van der Waals surface area (Å²) in [5.41, 5.74) is 9.35. The van der Waals surface area contributed by atoms with Gasteiger partial charge >= 0.3 is 0 Å². The molecule has 0 atom stereocenters. The van der Waals surface area contributed by atoms with Crippen LogP contribution in [0, 0.1) is 13.8 Å². The predicted molar refractivity (Wildman–Crippen MR) is 79.3 cm³/mol. The number of nitrogens with two attached hydrogens (primary N) is 1. The monoisotopic (exact) mass is 260 g/mol. The molecule has 1 aliphatic rings. The van der Waals surface area contributed by atoms with Gasteiger partial charge in [-0.25, -0.2) is 0 Å². The summed E-state index contributed by atoms with van der Waals surface area (Å²) in [6, 6.07) is 6.16. The van der Waals surface area contributed by atoms with Crippen molar-refractivity contribution in [2.24, 2.45) is 5.73 Å². The van der Waals surface area contributed by atoms with Crippen LogP contribution in [0.4, 0.5) is 5.69 Å². The van der Waals surface area contributed by atoms with Crippen molar-refractivity contribution in [3.8, 4) is 0 Å². The summed E-state index contributed by atoms with van der Waals surface area (Å²) in [4.78, 5) is 14.1. The van der Waals surface area contributed by atoms with Crippen molar-refractivity contribution in [3.63, 3.8) is 0 Å². The van der Waals surface area contributed by atoms with Gasteiger partial charge in [0.2, 0.25) is 5.91 Å². The fourth-order valence-corrected chi connectivity index (χ4v) is 2.99. The highest BCUT2D eigenvalue weighted by atomic mass is 16.2. The van der Waals surface area contributed by atoms with Gasteiger partial charge in [-0.05, 0) is 38.3 Å². The molecule has 1 aromatic carbocycles. The predicted octanol–water partition coefficient (Wildman–Crippen LogP) is 2.93. The zero-order valence-electron chi connectivity index (χ0n) is 12.2. The third-order valence-corrected chi connectivity index (χ3v) is 4.19. The summed E-state index contributed by atoms with van der Waals surface area (Å²) >= 11 is 0. The van der Waals surface area contributed by atoms with Crippen molar-refractivity contribution in [2.75, 3.05) is 11.9 Å². The van der Waals surface area contributed by atoms with Crippen LogP contribution >= 0.6 is 0 Å². The third-order valence-electron chi connectivity index (χ3n) is 4.19. The highest BCUT2D eigenvalue weighted by Gasteiger charge is 2.33. The van der Waals surface area contributed by atoms with Crippen LogP contribution in [-0.2, 0) is 4.79 Å². The first-order chi connectivity index (χ1) is 8.91. The number of hydrogen-bond donors (Lipinski definition) is 1. The van der Waals surface area contributed by atoms with Crippen molar-refractivity contribution < 1.29 is 4.79 Å². The van der Waals surface area contributed by atoms with Crippen LogP contribution < -0.4 is 10.6 Å². The smallest absolute Gasteiger partial charge is 0.228 e. The topological polar surface area (TPSA) is 46.3 Å². The maximum absolute atomic E-state index is 12.4. The van der Waals surface area contributed by atoms with E-state index in [0.29, 0.717) is 6.42 Å². The molecule has 3 heteroatoms. The van der Waals surface area contributed by atoms with Crippen molar-refractivity contribution >= 4 is 11.6 Å². The Kier molecular flexibility index (Phi) is 3.95. The minimum atomic E-state index is -0.274. The van der Waals surface area contributed by atoms with Crippen LogP contribution in [0.25, 0.3) is 0 Å². The Balaban J connectivity index is 2.10. The Bertz CT molecular complexity index is 476. The molecule has 2 N–H and O–H groups in total. The minimum Gasteiger partial charge on any atom is -0.325 e. The molecule has 0 bridgehead atoms. The van der Waals surface area contributed by atoms with Crippen molar-refractivity contribution in [1.82, 2.24) is 0 Å². The highest BCUT2D eigenvalue weighted by Crippen LogP contribution is 2.31. The summed E-state index contributed by atoms with van der Waals surface area (Å²) in [6.45, 7) is 4.10. The SMILES string of the molecule is Cc1ccc(N(C)C(=O)CC2(N)CCCC2)c(C)c1. The molecule has 1 amide bonds. The summed E-state index contributed by atoms with van der Waals surface area (Å²) in [6.07, 6.45) is 4.70. The second-order valence-corrected chi connectivity index (χ2v) is 5.99. The summed E-state index contributed by atoms with van der Waals surface area (Å²) in [5, 5.41) is 0. The second-order valence-electron chi connectivity index (χ2n) is 5.99. The van der Waals surface area contributed by atoms with Gasteiger partial charge in [0, 0.05) is 24.7 Å². The summed E-state index contributed by atoms with van der Waals surface area (Å²) in [5.74, 6) is 0.122. The van der Waals surface area contributed by atoms with Gasteiger partial charge in [-0.1, -0.05) is 30.5 Å². The van der Waals surface area contributed by atoms with Crippen molar-refractivity contribution in [1.29, 1.82) is 0 Å². The fourth-order valence-electron chi connectivity index (χ4n) is 2.99. The molecule has 104 valence electrons. The van der Waals surface area contributed by atoms with Gasteiger partial charge in [-0.3, -0.25) is 4.79 Å². The fraction of sp³-hybridized carbons (Fsp3) is 0.562. The largest absolute Gasteiger partial charge is 0.325 e. The first kappa shape index (κ1) is 14.1. The van der Waals surface area contributed by atoms with Crippen molar-refractivity contribution in [2.45, 2.75) is 51.5 Å². The molecule has 0 aliphatic heterocycles. The Morgan fingerprint density at radius 2 is 1.95 bits per heavy atom. The van der Waals surface area contributed by atoms with E-state index in [2.05, 4.69) is 13.0 Å². The van der Waals surface area contributed by atoms with E-state index in [1.54, 1.807) is 4.90 Å². The number of amides is 1. The van der Waals surface area contributed by atoms with Crippen molar-refractivity contribution in [3.05, 3.63) is 29.3 Å². The van der Waals surface area contributed by atoms with E-state index in [4.69, 9.17) is 5.73 Å². The van der Waals surface area contributed by atoms with Gasteiger partial charge in [0.05, 0.1) is 0 Å². The van der Waals surface area contributed by atoms with Gasteiger partial charge < -0.3 is 10.6 Å². The first-order valence-electron chi connectivity index (χ1n) is 7.04. The Labute approximate surface area is 115 Å². The molecule has 0 aromatic heterocycles. The molecule has 1 aliphatic carbocycles. The average Bonchev–Trinajstić information content (AvgIpc) is 2.75. The molecule has 1 fully saturated rings. The number of benzene rings is 1. The zero-order chi connectivity index (χ0) is 14.0. The molecule has 2 rings (SSSR count). The minimum absolute atomic E-state index is 0.122. The normalized spacial score (nSPS) is 17.5. The van der Waals surface area contributed by atoms with Gasteiger partial charge in [0.1, 0.15) is 0 Å². The molecular weight excluding hydrogens is 236 g/mol. The number of nitrogens with zero attached hydrogens (tertiary/aromatic N) is 1. The number of carbonyl (C=O) groups is 1. The first-order valence-corrected chi connectivity index (χ1v) is 7.04. The summed E-state index contributed by atoms with van der Waals surface area (Å²) < 4.78 is 0. The van der Waals surface area contributed by atoms with Gasteiger partial charge in [-0.15, -0.1) is 0 Å². The standard InChI is InChI=1S/C16H24N2O/c1-12-6-7-14(13(2)10-12)18(3)15(19)11-16(17)8-4-5-9-16/h6-7,10H,4-5,8-9,11,17H2,1-3H3. The average molecular weight is 260 g/mol. The molecule has 19 heavy (non-hydrogen) atoms. The molecule has 0 unspecified atom stereocenters. The molecule has 1 saturated carbocycles. The van der Waals surface area contributed by atoms with Gasteiger partial charge in [-0.2, -0.15) is 0 Å². The lowest BCUT2D eigenvalue weighted by atomic mass is 9.94. The van der Waals surface area contributed by atoms with Crippen LogP contribution in [0.15, 0.2) is 18.2 Å². The molecular formula is C16H24N2O. The molecule has 1 aromatic rings. The van der Waals surface area contributed by atoms with Crippen LogP contribution in [-0.4, -0.2) is 18.5 Å². The lowest BCUT2D eigenvalue weighted by Gasteiger charge is -2.27. The molecule has 0 saturated heterocycles. The Morgan fingerprint density at radius 1 is 1.32 bits per heavy atom. The van der Waals surface area contributed by atoms with Crippen LogP contribution in [0.2, 0.25) is 0 Å². The lowest BCUT2D eigenvalue weighted by molar-refractivity contribution is -0.119. The van der Waals surface area contributed by atoms with E-state index in [1.807, 2.05) is 26.1 Å². The molecule has 0 radical (unpaired) electrons. The Hall–Kier alpha value is -1.35. The van der Waals surface area contributed by atoms with E-state index in [-0.39, 0.29) is 11.4 Å². The number of carbonyl (C=O) groups excluding carboxylic acids is 1. The maximum atomic E-state index is 12.4. The zero-order valence-corrected chi connectivity index (χ0v) is 12.2. The second kappa shape index (κ2) is 5.33. The van der Waals surface area contributed by atoms with E-state index >= 15 is 0 Å². The van der Waals surface area contributed by atoms with E-state index in [1.165, 1.54) is 5.56 Å². The maximum Gasteiger partial charge on any atom is 0.228 e. The van der Waals surface area contributed by atoms with Crippen LogP contribution in [0.1, 0.15) is 43.2 Å². The van der Waals surface area contributed by atoms with E-state index in [9.17, 15) is 4.79 Å². The third kappa shape index (κ3) is 3.16. The van der Waals surface area contributed by atoms with Crippen LogP contribution in [0.5, 0.6) is 0 Å². The molecule has 0 spiro atoms. The highest BCUT2D eigenvalue weighted by molar-refractivity contribution is 5.94. The van der Waals surface area contributed by atoms with Crippen LogP contribution in [0.3, 0.4) is 0 Å². The summed E-state index contributed by atoms with van der Waals surface area (Å²) in [7, 11) is 1.85. The van der Waals surface area contributed by atoms with E-state index < -0.39 is 0 Å². The Morgan fingerprint density at radius 3 is 2.53 bits per heavy atom. The van der Waals surface area contributed by atoms with Gasteiger partial charge in [0.15, 0.2) is 0 Å². The molecule has 3 nitrogen and oxygen atoms in total. The quantitative estimate of drug-likeness (QED) is 0.908.